The summed E-state index contributed by atoms with van der Waals surface area (Å²) in [6.45, 7) is 1.99. The fraction of sp³-hybridized carbons (Fsp3) is 0.250. The average molecular weight is 324 g/mol. The Hall–Kier alpha value is -1.58. The Morgan fingerprint density at radius 1 is 1.29 bits per heavy atom. The van der Waals surface area contributed by atoms with E-state index < -0.39 is 6.10 Å². The molecule has 1 atom stereocenters. The summed E-state index contributed by atoms with van der Waals surface area (Å²) in [5.41, 5.74) is 0.390. The van der Waals surface area contributed by atoms with Gasteiger partial charge in [-0.25, -0.2) is 0 Å². The first-order valence-corrected chi connectivity index (χ1v) is 7.44. The monoisotopic (exact) mass is 323 g/mol. The molecule has 0 radical (unpaired) electrons. The summed E-state index contributed by atoms with van der Waals surface area (Å²) in [6.07, 6.45) is 2.39. The molecule has 0 aliphatic carbocycles. The largest absolute Gasteiger partial charge is 0.481 e. The topological polar surface area (TPSA) is 39.2 Å². The number of Topliss-reactive ketones (excluding diaryl/α,β-unsaturated/α-hetero) is 1. The summed E-state index contributed by atoms with van der Waals surface area (Å²) in [5, 5.41) is 0.910. The maximum Gasteiger partial charge on any atom is 0.221 e. The first-order chi connectivity index (χ1) is 10.1. The van der Waals surface area contributed by atoms with Gasteiger partial charge in [-0.3, -0.25) is 9.78 Å². The Kier molecular flexibility index (Phi) is 5.59. The molecule has 0 saturated heterocycles. The highest BCUT2D eigenvalue weighted by molar-refractivity contribution is 6.35. The van der Waals surface area contributed by atoms with Crippen LogP contribution in [-0.2, 0) is 0 Å². The molecule has 1 unspecified atom stereocenters. The maximum absolute atomic E-state index is 12.5. The van der Waals surface area contributed by atoms with Crippen LogP contribution in [0.3, 0.4) is 0 Å². The van der Waals surface area contributed by atoms with E-state index in [0.717, 1.165) is 6.42 Å². The number of ether oxygens (including phenoxy) is 1. The standard InChI is InChI=1S/C16H15Cl2NO2/c1-2-5-15(16(20)13-6-3-4-9-19-13)21-14-8-7-11(17)10-12(14)18/h3-4,6-10,15H,2,5H2,1H3. The number of ketones is 1. The number of halogens is 2. The first kappa shape index (κ1) is 15.8. The number of carbonyl (C=O) groups excluding carboxylic acids is 1. The average Bonchev–Trinajstić information content (AvgIpc) is 2.49. The van der Waals surface area contributed by atoms with Gasteiger partial charge in [-0.05, 0) is 36.8 Å². The van der Waals surface area contributed by atoms with Gasteiger partial charge in [-0.1, -0.05) is 42.6 Å². The Morgan fingerprint density at radius 3 is 2.71 bits per heavy atom. The minimum atomic E-state index is -0.608. The van der Waals surface area contributed by atoms with E-state index in [0.29, 0.717) is 27.9 Å². The number of aromatic nitrogens is 1. The number of carbonyl (C=O) groups is 1. The molecular formula is C16H15Cl2NO2. The Morgan fingerprint density at radius 2 is 2.10 bits per heavy atom. The van der Waals surface area contributed by atoms with Crippen molar-refractivity contribution in [3.8, 4) is 5.75 Å². The summed E-state index contributed by atoms with van der Waals surface area (Å²) < 4.78 is 5.78. The zero-order valence-electron chi connectivity index (χ0n) is 11.6. The van der Waals surface area contributed by atoms with E-state index in [-0.39, 0.29) is 5.78 Å². The van der Waals surface area contributed by atoms with Crippen molar-refractivity contribution in [2.24, 2.45) is 0 Å². The zero-order chi connectivity index (χ0) is 15.2. The third-order valence-corrected chi connectivity index (χ3v) is 3.45. The lowest BCUT2D eigenvalue weighted by Gasteiger charge is -2.18. The summed E-state index contributed by atoms with van der Waals surface area (Å²) in [7, 11) is 0. The lowest BCUT2D eigenvalue weighted by atomic mass is 10.1. The van der Waals surface area contributed by atoms with Gasteiger partial charge in [0.1, 0.15) is 11.4 Å². The van der Waals surface area contributed by atoms with Gasteiger partial charge >= 0.3 is 0 Å². The lowest BCUT2D eigenvalue weighted by molar-refractivity contribution is 0.0772. The third-order valence-electron chi connectivity index (χ3n) is 2.92. The molecule has 1 aromatic heterocycles. The van der Waals surface area contributed by atoms with Crippen molar-refractivity contribution in [1.82, 2.24) is 4.98 Å². The van der Waals surface area contributed by atoms with E-state index in [1.165, 1.54) is 0 Å². The van der Waals surface area contributed by atoms with Gasteiger partial charge in [0.15, 0.2) is 6.10 Å². The number of pyridine rings is 1. The fourth-order valence-electron chi connectivity index (χ4n) is 1.90. The second kappa shape index (κ2) is 7.43. The predicted molar refractivity (Wildman–Crippen MR) is 84.4 cm³/mol. The van der Waals surface area contributed by atoms with Crippen molar-refractivity contribution in [3.63, 3.8) is 0 Å². The number of benzene rings is 1. The van der Waals surface area contributed by atoms with E-state index in [1.807, 2.05) is 6.92 Å². The van der Waals surface area contributed by atoms with Crippen molar-refractivity contribution >= 4 is 29.0 Å². The normalized spacial score (nSPS) is 12.0. The van der Waals surface area contributed by atoms with Gasteiger partial charge in [0.25, 0.3) is 0 Å². The molecule has 0 saturated carbocycles. The van der Waals surface area contributed by atoms with E-state index in [9.17, 15) is 4.79 Å². The molecule has 110 valence electrons. The van der Waals surface area contributed by atoms with Gasteiger partial charge < -0.3 is 4.74 Å². The maximum atomic E-state index is 12.5. The molecule has 5 heteroatoms. The van der Waals surface area contributed by atoms with Crippen LogP contribution in [0.2, 0.25) is 10.0 Å². The van der Waals surface area contributed by atoms with Crippen molar-refractivity contribution in [2.45, 2.75) is 25.9 Å². The van der Waals surface area contributed by atoms with Gasteiger partial charge in [-0.2, -0.15) is 0 Å². The van der Waals surface area contributed by atoms with Crippen molar-refractivity contribution in [2.75, 3.05) is 0 Å². The molecule has 1 heterocycles. The van der Waals surface area contributed by atoms with Crippen LogP contribution in [0.25, 0.3) is 0 Å². The van der Waals surface area contributed by atoms with Crippen molar-refractivity contribution in [3.05, 3.63) is 58.3 Å². The molecule has 3 nitrogen and oxygen atoms in total. The van der Waals surface area contributed by atoms with Crippen LogP contribution in [0.4, 0.5) is 0 Å². The van der Waals surface area contributed by atoms with Gasteiger partial charge in [0.05, 0.1) is 5.02 Å². The summed E-state index contributed by atoms with van der Waals surface area (Å²) >= 11 is 11.9. The first-order valence-electron chi connectivity index (χ1n) is 6.68. The van der Waals surface area contributed by atoms with E-state index >= 15 is 0 Å². The van der Waals surface area contributed by atoms with E-state index in [4.69, 9.17) is 27.9 Å². The molecule has 2 aromatic rings. The Balaban J connectivity index is 2.21. The quantitative estimate of drug-likeness (QED) is 0.715. The molecule has 0 bridgehead atoms. The number of nitrogens with zero attached hydrogens (tertiary/aromatic N) is 1. The predicted octanol–water partition coefficient (Wildman–Crippen LogP) is 4.82. The highest BCUT2D eigenvalue weighted by atomic mass is 35.5. The number of hydrogen-bond acceptors (Lipinski definition) is 3. The van der Waals surface area contributed by atoms with E-state index in [2.05, 4.69) is 4.98 Å². The minimum absolute atomic E-state index is 0.150. The second-order valence-electron chi connectivity index (χ2n) is 4.55. The zero-order valence-corrected chi connectivity index (χ0v) is 13.1. The van der Waals surface area contributed by atoms with Crippen LogP contribution in [0.5, 0.6) is 5.75 Å². The Bertz CT molecular complexity index is 617. The Labute approximate surface area is 133 Å². The highest BCUT2D eigenvalue weighted by Gasteiger charge is 2.23. The van der Waals surface area contributed by atoms with Crippen LogP contribution in [0, 0.1) is 0 Å². The number of rotatable bonds is 6. The molecule has 0 fully saturated rings. The van der Waals surface area contributed by atoms with Crippen LogP contribution in [0.15, 0.2) is 42.6 Å². The van der Waals surface area contributed by atoms with Crippen LogP contribution in [-0.4, -0.2) is 16.9 Å². The lowest BCUT2D eigenvalue weighted by Crippen LogP contribution is -2.28. The molecule has 21 heavy (non-hydrogen) atoms. The molecule has 0 aliphatic rings. The smallest absolute Gasteiger partial charge is 0.221 e. The molecule has 1 aromatic carbocycles. The molecule has 0 spiro atoms. The van der Waals surface area contributed by atoms with Crippen LogP contribution < -0.4 is 4.74 Å². The van der Waals surface area contributed by atoms with Crippen LogP contribution in [0.1, 0.15) is 30.3 Å². The number of hydrogen-bond donors (Lipinski definition) is 0. The molecular weight excluding hydrogens is 309 g/mol. The second-order valence-corrected chi connectivity index (χ2v) is 5.39. The molecule has 0 aliphatic heterocycles. The summed E-state index contributed by atoms with van der Waals surface area (Å²) in [4.78, 5) is 16.5. The van der Waals surface area contributed by atoms with E-state index in [1.54, 1.807) is 42.6 Å². The minimum Gasteiger partial charge on any atom is -0.481 e. The van der Waals surface area contributed by atoms with Gasteiger partial charge in [0, 0.05) is 11.2 Å². The summed E-state index contributed by atoms with van der Waals surface area (Å²) in [5.74, 6) is 0.298. The highest BCUT2D eigenvalue weighted by Crippen LogP contribution is 2.29. The summed E-state index contributed by atoms with van der Waals surface area (Å²) in [6, 6.07) is 10.2. The van der Waals surface area contributed by atoms with Gasteiger partial charge in [0.2, 0.25) is 5.78 Å². The van der Waals surface area contributed by atoms with Crippen molar-refractivity contribution < 1.29 is 9.53 Å². The SMILES string of the molecule is CCCC(Oc1ccc(Cl)cc1Cl)C(=O)c1ccccn1. The molecule has 0 amide bonds. The molecule has 2 rings (SSSR count). The van der Waals surface area contributed by atoms with Gasteiger partial charge in [-0.15, -0.1) is 0 Å². The third kappa shape index (κ3) is 4.19. The fourth-order valence-corrected chi connectivity index (χ4v) is 2.36. The van der Waals surface area contributed by atoms with Crippen LogP contribution >= 0.6 is 23.2 Å². The molecule has 0 N–H and O–H groups in total. The van der Waals surface area contributed by atoms with Crippen molar-refractivity contribution in [1.29, 1.82) is 0 Å².